The Morgan fingerprint density at radius 3 is 2.67 bits per heavy atom. The Labute approximate surface area is 124 Å². The van der Waals surface area contributed by atoms with Gasteiger partial charge in [-0.3, -0.25) is 0 Å². The maximum absolute atomic E-state index is 11.7. The molecule has 0 saturated carbocycles. The zero-order chi connectivity index (χ0) is 15.5. The standard InChI is InChI=1S/C14H19N3O3S/c1-10(8-12-4-3-7-20-12)17-11-5-6-14(13(15)9-11)21(18,19)16-2/h3-7,9-10,16-17H,8,15H2,1-2H3. The van der Waals surface area contributed by atoms with Crippen LogP contribution in [0, 0.1) is 0 Å². The first kappa shape index (κ1) is 15.4. The highest BCUT2D eigenvalue weighted by Gasteiger charge is 2.15. The second kappa shape index (κ2) is 6.19. The predicted molar refractivity (Wildman–Crippen MR) is 82.6 cm³/mol. The van der Waals surface area contributed by atoms with Crippen LogP contribution in [0.4, 0.5) is 11.4 Å². The molecule has 0 amide bonds. The maximum atomic E-state index is 11.7. The number of nitrogens with one attached hydrogen (secondary N) is 2. The van der Waals surface area contributed by atoms with Crippen molar-refractivity contribution in [1.29, 1.82) is 0 Å². The molecule has 21 heavy (non-hydrogen) atoms. The molecule has 1 unspecified atom stereocenters. The maximum Gasteiger partial charge on any atom is 0.242 e. The number of anilines is 2. The van der Waals surface area contributed by atoms with Crippen LogP contribution in [0.1, 0.15) is 12.7 Å². The minimum Gasteiger partial charge on any atom is -0.469 e. The molecular weight excluding hydrogens is 290 g/mol. The third-order valence-electron chi connectivity index (χ3n) is 3.07. The van der Waals surface area contributed by atoms with Crippen molar-refractivity contribution in [3.63, 3.8) is 0 Å². The SMILES string of the molecule is CNS(=O)(=O)c1ccc(NC(C)Cc2ccco2)cc1N. The van der Waals surface area contributed by atoms with E-state index >= 15 is 0 Å². The van der Waals surface area contributed by atoms with Crippen LogP contribution >= 0.6 is 0 Å². The first-order valence-electron chi connectivity index (χ1n) is 6.54. The summed E-state index contributed by atoms with van der Waals surface area (Å²) in [6.45, 7) is 2.01. The van der Waals surface area contributed by atoms with Crippen molar-refractivity contribution < 1.29 is 12.8 Å². The van der Waals surface area contributed by atoms with Crippen molar-refractivity contribution in [3.05, 3.63) is 42.4 Å². The first-order chi connectivity index (χ1) is 9.92. The second-order valence-corrected chi connectivity index (χ2v) is 6.64. The summed E-state index contributed by atoms with van der Waals surface area (Å²) in [5, 5.41) is 3.26. The summed E-state index contributed by atoms with van der Waals surface area (Å²) in [6, 6.07) is 8.68. The molecule has 1 atom stereocenters. The molecule has 1 heterocycles. The van der Waals surface area contributed by atoms with Gasteiger partial charge in [-0.25, -0.2) is 13.1 Å². The van der Waals surface area contributed by atoms with E-state index in [1.165, 1.54) is 13.1 Å². The Morgan fingerprint density at radius 1 is 1.33 bits per heavy atom. The van der Waals surface area contributed by atoms with Gasteiger partial charge in [0.25, 0.3) is 0 Å². The van der Waals surface area contributed by atoms with E-state index in [4.69, 9.17) is 10.2 Å². The molecule has 0 fully saturated rings. The zero-order valence-electron chi connectivity index (χ0n) is 12.0. The summed E-state index contributed by atoms with van der Waals surface area (Å²) < 4.78 is 31.0. The van der Waals surface area contributed by atoms with Gasteiger partial charge >= 0.3 is 0 Å². The van der Waals surface area contributed by atoms with Gasteiger partial charge in [0.15, 0.2) is 0 Å². The molecule has 1 aromatic carbocycles. The van der Waals surface area contributed by atoms with Gasteiger partial charge in [-0.1, -0.05) is 0 Å². The normalized spacial score (nSPS) is 13.0. The van der Waals surface area contributed by atoms with E-state index in [1.54, 1.807) is 18.4 Å². The molecule has 0 aliphatic heterocycles. The van der Waals surface area contributed by atoms with Gasteiger partial charge in [-0.05, 0) is 44.3 Å². The summed E-state index contributed by atoms with van der Waals surface area (Å²) in [7, 11) is -2.18. The van der Waals surface area contributed by atoms with Gasteiger partial charge in [-0.2, -0.15) is 0 Å². The third-order valence-corrected chi connectivity index (χ3v) is 4.56. The fraction of sp³-hybridized carbons (Fsp3) is 0.286. The molecule has 0 bridgehead atoms. The quantitative estimate of drug-likeness (QED) is 0.707. The number of hydrogen-bond acceptors (Lipinski definition) is 5. The van der Waals surface area contributed by atoms with E-state index in [0.717, 1.165) is 17.9 Å². The van der Waals surface area contributed by atoms with Crippen molar-refractivity contribution in [2.24, 2.45) is 0 Å². The lowest BCUT2D eigenvalue weighted by molar-refractivity contribution is 0.498. The van der Waals surface area contributed by atoms with E-state index < -0.39 is 10.0 Å². The Balaban J connectivity index is 2.10. The van der Waals surface area contributed by atoms with Crippen LogP contribution in [-0.4, -0.2) is 21.5 Å². The highest BCUT2D eigenvalue weighted by Crippen LogP contribution is 2.23. The van der Waals surface area contributed by atoms with Crippen LogP contribution in [-0.2, 0) is 16.4 Å². The number of furan rings is 1. The molecule has 0 radical (unpaired) electrons. The summed E-state index contributed by atoms with van der Waals surface area (Å²) in [5.74, 6) is 0.886. The highest BCUT2D eigenvalue weighted by molar-refractivity contribution is 7.89. The van der Waals surface area contributed by atoms with Gasteiger partial charge in [0.05, 0.1) is 12.0 Å². The van der Waals surface area contributed by atoms with Crippen LogP contribution in [0.5, 0.6) is 0 Å². The summed E-state index contributed by atoms with van der Waals surface area (Å²) >= 11 is 0. The lowest BCUT2D eigenvalue weighted by atomic mass is 10.2. The molecular formula is C14H19N3O3S. The molecule has 4 N–H and O–H groups in total. The molecule has 1 aromatic heterocycles. The zero-order valence-corrected chi connectivity index (χ0v) is 12.8. The van der Waals surface area contributed by atoms with Gasteiger partial charge in [0.2, 0.25) is 10.0 Å². The van der Waals surface area contributed by atoms with Crippen LogP contribution < -0.4 is 15.8 Å². The molecule has 2 aromatic rings. The molecule has 0 saturated heterocycles. The molecule has 0 aliphatic carbocycles. The van der Waals surface area contributed by atoms with E-state index in [1.807, 2.05) is 19.1 Å². The van der Waals surface area contributed by atoms with Crippen LogP contribution in [0.15, 0.2) is 45.9 Å². The van der Waals surface area contributed by atoms with E-state index in [0.29, 0.717) is 0 Å². The Bertz CT molecular complexity index is 696. The number of nitrogens with two attached hydrogens (primary N) is 1. The topological polar surface area (TPSA) is 97.4 Å². The molecule has 6 nitrogen and oxygen atoms in total. The number of benzene rings is 1. The largest absolute Gasteiger partial charge is 0.469 e. The van der Waals surface area contributed by atoms with Gasteiger partial charge in [0, 0.05) is 18.2 Å². The number of nitrogen functional groups attached to an aromatic ring is 1. The smallest absolute Gasteiger partial charge is 0.242 e. The van der Waals surface area contributed by atoms with Crippen molar-refractivity contribution in [2.75, 3.05) is 18.1 Å². The minimum atomic E-state index is -3.53. The van der Waals surface area contributed by atoms with Crippen LogP contribution in [0.3, 0.4) is 0 Å². The minimum absolute atomic E-state index is 0.0780. The Kier molecular flexibility index (Phi) is 4.54. The predicted octanol–water partition coefficient (Wildman–Crippen LogP) is 1.81. The Hall–Kier alpha value is -1.99. The summed E-state index contributed by atoms with van der Waals surface area (Å²) in [6.07, 6.45) is 2.36. The number of sulfonamides is 1. The van der Waals surface area contributed by atoms with E-state index in [9.17, 15) is 8.42 Å². The monoisotopic (exact) mass is 309 g/mol. The number of rotatable bonds is 6. The average Bonchev–Trinajstić information content (AvgIpc) is 2.91. The summed E-state index contributed by atoms with van der Waals surface area (Å²) in [5.41, 5.74) is 6.79. The Morgan fingerprint density at radius 2 is 2.10 bits per heavy atom. The molecule has 0 aliphatic rings. The van der Waals surface area contributed by atoms with Crippen molar-refractivity contribution in [2.45, 2.75) is 24.3 Å². The average molecular weight is 309 g/mol. The van der Waals surface area contributed by atoms with E-state index in [-0.39, 0.29) is 16.6 Å². The fourth-order valence-corrected chi connectivity index (χ4v) is 2.90. The molecule has 7 heteroatoms. The molecule has 0 spiro atoms. The third kappa shape index (κ3) is 3.77. The van der Waals surface area contributed by atoms with Crippen LogP contribution in [0.2, 0.25) is 0 Å². The molecule has 2 rings (SSSR count). The number of hydrogen-bond donors (Lipinski definition) is 3. The lowest BCUT2D eigenvalue weighted by Gasteiger charge is -2.15. The molecule has 114 valence electrons. The van der Waals surface area contributed by atoms with E-state index in [2.05, 4.69) is 10.0 Å². The summed E-state index contributed by atoms with van der Waals surface area (Å²) in [4.78, 5) is 0.0780. The van der Waals surface area contributed by atoms with Gasteiger partial charge in [-0.15, -0.1) is 0 Å². The van der Waals surface area contributed by atoms with Crippen molar-refractivity contribution in [3.8, 4) is 0 Å². The highest BCUT2D eigenvalue weighted by atomic mass is 32.2. The van der Waals surface area contributed by atoms with Crippen molar-refractivity contribution >= 4 is 21.4 Å². The first-order valence-corrected chi connectivity index (χ1v) is 8.02. The second-order valence-electron chi connectivity index (χ2n) is 4.79. The van der Waals surface area contributed by atoms with Crippen LogP contribution in [0.25, 0.3) is 0 Å². The lowest BCUT2D eigenvalue weighted by Crippen LogP contribution is -2.21. The van der Waals surface area contributed by atoms with Gasteiger partial charge in [0.1, 0.15) is 10.7 Å². The van der Waals surface area contributed by atoms with Gasteiger partial charge < -0.3 is 15.5 Å². The fourth-order valence-electron chi connectivity index (χ4n) is 2.06. The van der Waals surface area contributed by atoms with Crippen molar-refractivity contribution in [1.82, 2.24) is 4.72 Å².